The lowest BCUT2D eigenvalue weighted by Gasteiger charge is -2.19. The van der Waals surface area contributed by atoms with Gasteiger partial charge >= 0.3 is 0 Å². The Kier molecular flexibility index (Phi) is 8.47. The number of amides is 1. The summed E-state index contributed by atoms with van der Waals surface area (Å²) in [5, 5.41) is 6.59. The summed E-state index contributed by atoms with van der Waals surface area (Å²) in [5.41, 5.74) is 3.67. The van der Waals surface area contributed by atoms with Gasteiger partial charge in [-0.15, -0.1) is 0 Å². The largest absolute Gasteiger partial charge is 0.350 e. The second-order valence-corrected chi connectivity index (χ2v) is 8.38. The first-order valence-electron chi connectivity index (χ1n) is 11.1. The van der Waals surface area contributed by atoms with E-state index in [-0.39, 0.29) is 18.5 Å². The van der Waals surface area contributed by atoms with E-state index in [9.17, 15) is 4.79 Å². The summed E-state index contributed by atoms with van der Waals surface area (Å²) in [5.74, 6) is 0.640. The van der Waals surface area contributed by atoms with Crippen LogP contribution in [0, 0.1) is 0 Å². The predicted molar refractivity (Wildman–Crippen MR) is 127 cm³/mol. The van der Waals surface area contributed by atoms with Crippen molar-refractivity contribution in [1.29, 1.82) is 0 Å². The fourth-order valence-corrected chi connectivity index (χ4v) is 3.62. The van der Waals surface area contributed by atoms with Gasteiger partial charge in [0.05, 0.1) is 19.1 Å². The van der Waals surface area contributed by atoms with E-state index in [2.05, 4.69) is 58.9 Å². The Labute approximate surface area is 186 Å². The van der Waals surface area contributed by atoms with Crippen molar-refractivity contribution in [3.8, 4) is 0 Å². The molecule has 166 valence electrons. The molecule has 1 heterocycles. The van der Waals surface area contributed by atoms with Gasteiger partial charge in [-0.3, -0.25) is 9.69 Å². The minimum Gasteiger partial charge on any atom is -0.350 e. The number of rotatable bonds is 8. The zero-order chi connectivity index (χ0) is 22.1. The molecule has 0 radical (unpaired) electrons. The molecular formula is C25H35N5O. The van der Waals surface area contributed by atoms with Crippen LogP contribution >= 0.6 is 0 Å². The summed E-state index contributed by atoms with van der Waals surface area (Å²) >= 11 is 0. The van der Waals surface area contributed by atoms with Gasteiger partial charge in [0, 0.05) is 20.6 Å². The highest BCUT2D eigenvalue weighted by atomic mass is 16.2. The van der Waals surface area contributed by atoms with E-state index >= 15 is 0 Å². The summed E-state index contributed by atoms with van der Waals surface area (Å²) in [4.78, 5) is 20.8. The molecule has 0 saturated carbocycles. The first-order chi connectivity index (χ1) is 15.0. The maximum atomic E-state index is 12.0. The molecule has 0 aliphatic carbocycles. The van der Waals surface area contributed by atoms with Crippen LogP contribution in [0.3, 0.4) is 0 Å². The maximum absolute atomic E-state index is 12.0. The molecule has 1 unspecified atom stereocenters. The van der Waals surface area contributed by atoms with Crippen molar-refractivity contribution >= 4 is 11.9 Å². The lowest BCUT2D eigenvalue weighted by atomic mass is 10.1. The molecule has 2 N–H and O–H groups in total. The first kappa shape index (κ1) is 22.8. The third-order valence-electron chi connectivity index (χ3n) is 5.61. The lowest BCUT2D eigenvalue weighted by molar-refractivity contribution is -0.127. The molecule has 1 saturated heterocycles. The van der Waals surface area contributed by atoms with Gasteiger partial charge in [0.25, 0.3) is 0 Å². The minimum atomic E-state index is 0.00753. The van der Waals surface area contributed by atoms with Crippen molar-refractivity contribution in [2.75, 3.05) is 33.7 Å². The average molecular weight is 422 g/mol. The first-order valence-corrected chi connectivity index (χ1v) is 11.1. The molecule has 1 aliphatic rings. The molecule has 2 aromatic rings. The Balaban J connectivity index is 1.63. The Bertz CT molecular complexity index is 842. The van der Waals surface area contributed by atoms with Crippen molar-refractivity contribution in [3.63, 3.8) is 0 Å². The summed E-state index contributed by atoms with van der Waals surface area (Å²) in [7, 11) is 3.51. The molecule has 6 heteroatoms. The van der Waals surface area contributed by atoms with Crippen LogP contribution in [0.1, 0.15) is 42.5 Å². The van der Waals surface area contributed by atoms with E-state index in [1.165, 1.54) is 37.1 Å². The maximum Gasteiger partial charge on any atom is 0.241 e. The molecule has 3 rings (SSSR count). The molecule has 0 aromatic heterocycles. The van der Waals surface area contributed by atoms with Crippen molar-refractivity contribution in [2.24, 2.45) is 4.99 Å². The van der Waals surface area contributed by atoms with Crippen molar-refractivity contribution in [1.82, 2.24) is 20.4 Å². The Morgan fingerprint density at radius 2 is 1.68 bits per heavy atom. The molecule has 31 heavy (non-hydrogen) atoms. The van der Waals surface area contributed by atoms with E-state index in [1.807, 2.05) is 18.2 Å². The number of likely N-dealkylation sites (N-methyl/N-ethyl adjacent to an activating group) is 1. The minimum absolute atomic E-state index is 0.00753. The second-order valence-electron chi connectivity index (χ2n) is 8.38. The number of guanidine groups is 1. The molecular weight excluding hydrogens is 386 g/mol. The SMILES string of the molecule is CC(NC(=NCc1ccc(CN2CCCC2)cc1)NCC(=O)N(C)C)c1ccccc1. The van der Waals surface area contributed by atoms with Gasteiger partial charge in [-0.05, 0) is 49.5 Å². The molecule has 6 nitrogen and oxygen atoms in total. The number of nitrogens with one attached hydrogen (secondary N) is 2. The molecule has 0 spiro atoms. The number of benzene rings is 2. The van der Waals surface area contributed by atoms with Gasteiger partial charge in [0.1, 0.15) is 0 Å². The number of hydrogen-bond acceptors (Lipinski definition) is 3. The lowest BCUT2D eigenvalue weighted by Crippen LogP contribution is -2.43. The predicted octanol–water partition coefficient (Wildman–Crippen LogP) is 3.17. The monoisotopic (exact) mass is 421 g/mol. The van der Waals surface area contributed by atoms with Gasteiger partial charge in [0.2, 0.25) is 5.91 Å². The number of aliphatic imine (C=N–C) groups is 1. The van der Waals surface area contributed by atoms with Gasteiger partial charge < -0.3 is 15.5 Å². The highest BCUT2D eigenvalue weighted by Gasteiger charge is 2.12. The Morgan fingerprint density at radius 3 is 2.32 bits per heavy atom. The number of likely N-dealkylation sites (tertiary alicyclic amines) is 1. The van der Waals surface area contributed by atoms with Crippen LogP contribution in [0.15, 0.2) is 59.6 Å². The van der Waals surface area contributed by atoms with E-state index in [0.717, 1.165) is 12.1 Å². The van der Waals surface area contributed by atoms with Gasteiger partial charge in [-0.2, -0.15) is 0 Å². The van der Waals surface area contributed by atoms with Crippen LogP contribution in [-0.2, 0) is 17.9 Å². The summed E-state index contributed by atoms with van der Waals surface area (Å²) in [6.45, 7) is 6.29. The zero-order valence-corrected chi connectivity index (χ0v) is 19.0. The van der Waals surface area contributed by atoms with Crippen molar-refractivity contribution in [3.05, 3.63) is 71.3 Å². The van der Waals surface area contributed by atoms with Crippen LogP contribution in [0.5, 0.6) is 0 Å². The highest BCUT2D eigenvalue weighted by Crippen LogP contribution is 2.14. The van der Waals surface area contributed by atoms with E-state index < -0.39 is 0 Å². The van der Waals surface area contributed by atoms with E-state index in [4.69, 9.17) is 4.99 Å². The zero-order valence-electron chi connectivity index (χ0n) is 19.0. The Morgan fingerprint density at radius 1 is 1.03 bits per heavy atom. The van der Waals surface area contributed by atoms with Crippen LogP contribution in [0.2, 0.25) is 0 Å². The fraction of sp³-hybridized carbons (Fsp3) is 0.440. The molecule has 2 aromatic carbocycles. The van der Waals surface area contributed by atoms with Crippen molar-refractivity contribution in [2.45, 2.75) is 38.9 Å². The number of nitrogens with zero attached hydrogens (tertiary/aromatic N) is 3. The summed E-state index contributed by atoms with van der Waals surface area (Å²) in [6, 6.07) is 19.0. The standard InChI is InChI=1S/C25H35N5O/c1-20(23-9-5-4-6-10-23)28-25(27-18-24(31)29(2)3)26-17-21-11-13-22(14-12-21)19-30-15-7-8-16-30/h4-6,9-14,20H,7-8,15-19H2,1-3H3,(H2,26,27,28). The van der Waals surface area contributed by atoms with Gasteiger partial charge in [-0.1, -0.05) is 54.6 Å². The third kappa shape index (κ3) is 7.40. The van der Waals surface area contributed by atoms with Gasteiger partial charge in [-0.25, -0.2) is 4.99 Å². The number of carbonyl (C=O) groups excluding carboxylic acids is 1. The highest BCUT2D eigenvalue weighted by molar-refractivity contribution is 5.86. The third-order valence-corrected chi connectivity index (χ3v) is 5.61. The number of hydrogen-bond donors (Lipinski definition) is 2. The van der Waals surface area contributed by atoms with Crippen LogP contribution in [-0.4, -0.2) is 55.4 Å². The van der Waals surface area contributed by atoms with Crippen molar-refractivity contribution < 1.29 is 4.79 Å². The van der Waals surface area contributed by atoms with E-state index in [0.29, 0.717) is 12.5 Å². The topological polar surface area (TPSA) is 60.0 Å². The van der Waals surface area contributed by atoms with Crippen LogP contribution in [0.4, 0.5) is 0 Å². The second kappa shape index (κ2) is 11.5. The number of carbonyl (C=O) groups is 1. The smallest absolute Gasteiger partial charge is 0.241 e. The van der Waals surface area contributed by atoms with E-state index in [1.54, 1.807) is 19.0 Å². The quantitative estimate of drug-likeness (QED) is 0.508. The molecule has 1 amide bonds. The fourth-order valence-electron chi connectivity index (χ4n) is 3.62. The van der Waals surface area contributed by atoms with Crippen LogP contribution < -0.4 is 10.6 Å². The molecule has 1 aliphatic heterocycles. The van der Waals surface area contributed by atoms with Gasteiger partial charge in [0.15, 0.2) is 5.96 Å². The molecule has 0 bridgehead atoms. The van der Waals surface area contributed by atoms with Crippen LogP contribution in [0.25, 0.3) is 0 Å². The average Bonchev–Trinajstić information content (AvgIpc) is 3.29. The molecule has 1 fully saturated rings. The normalized spacial score (nSPS) is 15.5. The Hall–Kier alpha value is -2.86. The molecule has 1 atom stereocenters. The summed E-state index contributed by atoms with van der Waals surface area (Å²) in [6.07, 6.45) is 2.63. The summed E-state index contributed by atoms with van der Waals surface area (Å²) < 4.78 is 0.